The zero-order valence-corrected chi connectivity index (χ0v) is 13.8. The first-order valence-electron chi connectivity index (χ1n) is 6.82. The second-order valence-corrected chi connectivity index (χ2v) is 5.72. The number of benzene rings is 2. The Balaban J connectivity index is 2.07. The van der Waals surface area contributed by atoms with Crippen LogP contribution in [0.3, 0.4) is 0 Å². The van der Waals surface area contributed by atoms with Crippen molar-refractivity contribution < 1.29 is 4.74 Å². The van der Waals surface area contributed by atoms with Gasteiger partial charge in [-0.2, -0.15) is 0 Å². The molecule has 20 heavy (non-hydrogen) atoms. The van der Waals surface area contributed by atoms with Gasteiger partial charge in [0, 0.05) is 12.2 Å². The standard InChI is InChI=1S/C17H20BrNO/c1-4-20-17-8-7-14(10-15(17)18)11-19-16-9-12(2)5-6-13(16)3/h5-10,19H,4,11H2,1-3H3. The molecule has 0 saturated carbocycles. The smallest absolute Gasteiger partial charge is 0.133 e. The molecule has 0 atom stereocenters. The number of hydrogen-bond donors (Lipinski definition) is 1. The van der Waals surface area contributed by atoms with Gasteiger partial charge < -0.3 is 10.1 Å². The normalized spacial score (nSPS) is 10.4. The number of hydrogen-bond acceptors (Lipinski definition) is 2. The monoisotopic (exact) mass is 333 g/mol. The molecule has 0 bridgehead atoms. The average molecular weight is 334 g/mol. The van der Waals surface area contributed by atoms with Crippen LogP contribution in [-0.4, -0.2) is 6.61 Å². The fraction of sp³-hybridized carbons (Fsp3) is 0.294. The van der Waals surface area contributed by atoms with E-state index >= 15 is 0 Å². The van der Waals surface area contributed by atoms with E-state index in [-0.39, 0.29) is 0 Å². The predicted molar refractivity (Wildman–Crippen MR) is 88.6 cm³/mol. The minimum Gasteiger partial charge on any atom is -0.493 e. The lowest BCUT2D eigenvalue weighted by Gasteiger charge is -2.12. The molecular formula is C17H20BrNO. The van der Waals surface area contributed by atoms with Gasteiger partial charge >= 0.3 is 0 Å². The van der Waals surface area contributed by atoms with E-state index in [1.54, 1.807) is 0 Å². The number of aryl methyl sites for hydroxylation is 2. The number of anilines is 1. The SMILES string of the molecule is CCOc1ccc(CNc2cc(C)ccc2C)cc1Br. The van der Waals surface area contributed by atoms with Crippen LogP contribution in [0.2, 0.25) is 0 Å². The molecule has 0 heterocycles. The summed E-state index contributed by atoms with van der Waals surface area (Å²) in [6.07, 6.45) is 0. The summed E-state index contributed by atoms with van der Waals surface area (Å²) in [5.74, 6) is 0.892. The van der Waals surface area contributed by atoms with Gasteiger partial charge in [-0.15, -0.1) is 0 Å². The van der Waals surface area contributed by atoms with E-state index in [4.69, 9.17) is 4.74 Å². The van der Waals surface area contributed by atoms with E-state index in [0.29, 0.717) is 6.61 Å². The third kappa shape index (κ3) is 3.76. The van der Waals surface area contributed by atoms with Crippen LogP contribution in [0.25, 0.3) is 0 Å². The van der Waals surface area contributed by atoms with E-state index in [9.17, 15) is 0 Å². The predicted octanol–water partition coefficient (Wildman–Crippen LogP) is 5.08. The van der Waals surface area contributed by atoms with Crippen LogP contribution < -0.4 is 10.1 Å². The molecule has 2 rings (SSSR count). The molecule has 2 aromatic carbocycles. The first-order valence-corrected chi connectivity index (χ1v) is 7.62. The van der Waals surface area contributed by atoms with Crippen molar-refractivity contribution in [3.05, 3.63) is 57.6 Å². The molecule has 0 unspecified atom stereocenters. The summed E-state index contributed by atoms with van der Waals surface area (Å²) in [6.45, 7) is 7.70. The Labute approximate surface area is 129 Å². The fourth-order valence-corrected chi connectivity index (χ4v) is 2.59. The van der Waals surface area contributed by atoms with Gasteiger partial charge in [-0.3, -0.25) is 0 Å². The second kappa shape index (κ2) is 6.80. The Bertz CT molecular complexity index is 596. The van der Waals surface area contributed by atoms with Crippen LogP contribution >= 0.6 is 15.9 Å². The largest absolute Gasteiger partial charge is 0.493 e. The molecule has 0 fully saturated rings. The zero-order chi connectivity index (χ0) is 14.5. The molecule has 0 radical (unpaired) electrons. The topological polar surface area (TPSA) is 21.3 Å². The van der Waals surface area contributed by atoms with Crippen molar-refractivity contribution in [1.82, 2.24) is 0 Å². The van der Waals surface area contributed by atoms with E-state index in [0.717, 1.165) is 16.8 Å². The van der Waals surface area contributed by atoms with Crippen LogP contribution in [0.1, 0.15) is 23.6 Å². The Morgan fingerprint density at radius 3 is 2.60 bits per heavy atom. The molecule has 0 aromatic heterocycles. The molecule has 0 saturated heterocycles. The molecule has 0 spiro atoms. The van der Waals surface area contributed by atoms with Crippen LogP contribution in [0.15, 0.2) is 40.9 Å². The van der Waals surface area contributed by atoms with Crippen molar-refractivity contribution in [2.75, 3.05) is 11.9 Å². The Hall–Kier alpha value is -1.48. The van der Waals surface area contributed by atoms with E-state index in [1.807, 2.05) is 13.0 Å². The van der Waals surface area contributed by atoms with Crippen molar-refractivity contribution in [3.8, 4) is 5.75 Å². The first-order chi connectivity index (χ1) is 9.60. The maximum absolute atomic E-state index is 5.52. The third-order valence-electron chi connectivity index (χ3n) is 3.17. The Morgan fingerprint density at radius 2 is 1.90 bits per heavy atom. The molecule has 0 aliphatic heterocycles. The molecule has 106 valence electrons. The highest BCUT2D eigenvalue weighted by molar-refractivity contribution is 9.10. The number of halogens is 1. The van der Waals surface area contributed by atoms with Crippen LogP contribution in [-0.2, 0) is 6.54 Å². The highest BCUT2D eigenvalue weighted by Gasteiger charge is 2.03. The van der Waals surface area contributed by atoms with E-state index < -0.39 is 0 Å². The van der Waals surface area contributed by atoms with Gasteiger partial charge in [0.1, 0.15) is 5.75 Å². The lowest BCUT2D eigenvalue weighted by Crippen LogP contribution is -2.02. The molecule has 0 aliphatic carbocycles. The minimum absolute atomic E-state index is 0.679. The van der Waals surface area contributed by atoms with Crippen LogP contribution in [0.5, 0.6) is 5.75 Å². The summed E-state index contributed by atoms with van der Waals surface area (Å²) < 4.78 is 6.52. The number of ether oxygens (including phenoxy) is 1. The van der Waals surface area contributed by atoms with Crippen molar-refractivity contribution in [1.29, 1.82) is 0 Å². The lowest BCUT2D eigenvalue weighted by atomic mass is 10.1. The van der Waals surface area contributed by atoms with Crippen molar-refractivity contribution in [2.24, 2.45) is 0 Å². The molecular weight excluding hydrogens is 314 g/mol. The summed E-state index contributed by atoms with van der Waals surface area (Å²) >= 11 is 3.55. The van der Waals surface area contributed by atoms with Gasteiger partial charge in [0.2, 0.25) is 0 Å². The van der Waals surface area contributed by atoms with Crippen LogP contribution in [0, 0.1) is 13.8 Å². The molecule has 0 amide bonds. The summed E-state index contributed by atoms with van der Waals surface area (Å²) in [4.78, 5) is 0. The Kier molecular flexibility index (Phi) is 5.07. The summed E-state index contributed by atoms with van der Waals surface area (Å²) in [6, 6.07) is 12.7. The number of nitrogens with one attached hydrogen (secondary N) is 1. The van der Waals surface area contributed by atoms with Gasteiger partial charge in [-0.05, 0) is 71.6 Å². The third-order valence-corrected chi connectivity index (χ3v) is 3.79. The number of rotatable bonds is 5. The summed E-state index contributed by atoms with van der Waals surface area (Å²) in [7, 11) is 0. The van der Waals surface area contributed by atoms with Gasteiger partial charge in [0.25, 0.3) is 0 Å². The molecule has 1 N–H and O–H groups in total. The second-order valence-electron chi connectivity index (χ2n) is 4.87. The van der Waals surface area contributed by atoms with Gasteiger partial charge in [0.05, 0.1) is 11.1 Å². The Morgan fingerprint density at radius 1 is 1.10 bits per heavy atom. The maximum atomic E-state index is 5.52. The van der Waals surface area contributed by atoms with Crippen molar-refractivity contribution in [3.63, 3.8) is 0 Å². The van der Waals surface area contributed by atoms with Gasteiger partial charge in [-0.25, -0.2) is 0 Å². The molecule has 2 aromatic rings. The van der Waals surface area contributed by atoms with Crippen LogP contribution in [0.4, 0.5) is 5.69 Å². The lowest BCUT2D eigenvalue weighted by molar-refractivity contribution is 0.338. The highest BCUT2D eigenvalue weighted by atomic mass is 79.9. The zero-order valence-electron chi connectivity index (χ0n) is 12.2. The van der Waals surface area contributed by atoms with Crippen molar-refractivity contribution in [2.45, 2.75) is 27.3 Å². The van der Waals surface area contributed by atoms with Gasteiger partial charge in [-0.1, -0.05) is 18.2 Å². The molecule has 0 aliphatic rings. The maximum Gasteiger partial charge on any atom is 0.133 e. The highest BCUT2D eigenvalue weighted by Crippen LogP contribution is 2.26. The van der Waals surface area contributed by atoms with E-state index in [1.165, 1.54) is 22.4 Å². The quantitative estimate of drug-likeness (QED) is 0.824. The first kappa shape index (κ1) is 14.9. The van der Waals surface area contributed by atoms with E-state index in [2.05, 4.69) is 65.4 Å². The minimum atomic E-state index is 0.679. The fourth-order valence-electron chi connectivity index (χ4n) is 2.05. The average Bonchev–Trinajstić information content (AvgIpc) is 2.43. The van der Waals surface area contributed by atoms with Crippen molar-refractivity contribution >= 4 is 21.6 Å². The molecule has 3 heteroatoms. The molecule has 2 nitrogen and oxygen atoms in total. The summed E-state index contributed by atoms with van der Waals surface area (Å²) in [5, 5.41) is 3.49. The van der Waals surface area contributed by atoms with Gasteiger partial charge in [0.15, 0.2) is 0 Å². The summed E-state index contributed by atoms with van der Waals surface area (Å²) in [5.41, 5.74) is 4.95.